The first kappa shape index (κ1) is 19.0. The largest absolute Gasteiger partial charge is 0.340 e. The van der Waals surface area contributed by atoms with Gasteiger partial charge in [-0.15, -0.1) is 0 Å². The molecule has 6 heteroatoms. The van der Waals surface area contributed by atoms with E-state index in [1.165, 1.54) is 11.1 Å². The highest BCUT2D eigenvalue weighted by molar-refractivity contribution is 7.71. The third-order valence-corrected chi connectivity index (χ3v) is 4.97. The van der Waals surface area contributed by atoms with Gasteiger partial charge in [-0.05, 0) is 50.2 Å². The lowest BCUT2D eigenvalue weighted by atomic mass is 10.1. The maximum absolute atomic E-state index is 12.8. The van der Waals surface area contributed by atoms with E-state index in [4.69, 9.17) is 12.2 Å². The molecule has 1 aromatic heterocycles. The van der Waals surface area contributed by atoms with E-state index < -0.39 is 0 Å². The van der Waals surface area contributed by atoms with Crippen molar-refractivity contribution in [1.82, 2.24) is 19.7 Å². The zero-order chi connectivity index (χ0) is 19.6. The lowest BCUT2D eigenvalue weighted by Crippen LogP contribution is -2.30. The zero-order valence-corrected chi connectivity index (χ0v) is 16.9. The molecular formula is C21H24N4OS. The maximum Gasteiger partial charge on any atom is 0.242 e. The van der Waals surface area contributed by atoms with Gasteiger partial charge < -0.3 is 4.90 Å². The predicted octanol–water partition coefficient (Wildman–Crippen LogP) is 4.19. The number of aromatic amines is 1. The third kappa shape index (κ3) is 4.34. The molecule has 0 aliphatic rings. The Morgan fingerprint density at radius 1 is 1.15 bits per heavy atom. The van der Waals surface area contributed by atoms with Crippen LogP contribution in [0.5, 0.6) is 0 Å². The molecule has 0 spiro atoms. The van der Waals surface area contributed by atoms with E-state index in [9.17, 15) is 4.79 Å². The maximum atomic E-state index is 12.8. The Labute approximate surface area is 164 Å². The predicted molar refractivity (Wildman–Crippen MR) is 110 cm³/mol. The molecule has 3 rings (SSSR count). The molecule has 140 valence electrons. The first-order valence-corrected chi connectivity index (χ1v) is 9.28. The van der Waals surface area contributed by atoms with Crippen LogP contribution in [0.25, 0.3) is 11.4 Å². The van der Waals surface area contributed by atoms with Crippen LogP contribution in [0.2, 0.25) is 0 Å². The fraction of sp³-hybridized carbons (Fsp3) is 0.286. The van der Waals surface area contributed by atoms with Crippen LogP contribution in [0, 0.1) is 25.5 Å². The summed E-state index contributed by atoms with van der Waals surface area (Å²) in [5.74, 6) is 0.665. The number of carbonyl (C=O) groups excluding carboxylic acids is 1. The molecule has 0 radical (unpaired) electrons. The minimum atomic E-state index is -0.0126. The fourth-order valence-electron chi connectivity index (χ4n) is 3.09. The molecule has 0 bridgehead atoms. The normalized spacial score (nSPS) is 10.8. The van der Waals surface area contributed by atoms with Crippen molar-refractivity contribution in [3.05, 3.63) is 69.5 Å². The lowest BCUT2D eigenvalue weighted by molar-refractivity contribution is -0.131. The topological polar surface area (TPSA) is 53.9 Å². The number of hydrogen-bond acceptors (Lipinski definition) is 3. The van der Waals surface area contributed by atoms with Gasteiger partial charge in [0.15, 0.2) is 10.6 Å². The van der Waals surface area contributed by atoms with Gasteiger partial charge in [-0.3, -0.25) is 14.5 Å². The van der Waals surface area contributed by atoms with E-state index in [0.717, 1.165) is 16.7 Å². The summed E-state index contributed by atoms with van der Waals surface area (Å²) < 4.78 is 2.20. The minimum Gasteiger partial charge on any atom is -0.340 e. The Hall–Kier alpha value is -2.73. The summed E-state index contributed by atoms with van der Waals surface area (Å²) in [6.07, 6.45) is 0. The number of carbonyl (C=O) groups is 1. The Morgan fingerprint density at radius 3 is 2.59 bits per heavy atom. The molecular weight excluding hydrogens is 356 g/mol. The number of nitrogens with one attached hydrogen (secondary N) is 1. The van der Waals surface area contributed by atoms with Gasteiger partial charge >= 0.3 is 0 Å². The average molecular weight is 381 g/mol. The summed E-state index contributed by atoms with van der Waals surface area (Å²) in [5.41, 5.74) is 5.62. The van der Waals surface area contributed by atoms with Crippen LogP contribution in [-0.4, -0.2) is 32.6 Å². The van der Waals surface area contributed by atoms with Gasteiger partial charge in [0.05, 0.1) is 0 Å². The van der Waals surface area contributed by atoms with E-state index in [0.29, 0.717) is 17.1 Å². The van der Waals surface area contributed by atoms with Gasteiger partial charge in [-0.1, -0.05) is 47.5 Å². The van der Waals surface area contributed by atoms with Crippen LogP contribution in [0.1, 0.15) is 22.3 Å². The summed E-state index contributed by atoms with van der Waals surface area (Å²) in [7, 11) is 1.82. The van der Waals surface area contributed by atoms with E-state index in [-0.39, 0.29) is 12.5 Å². The quantitative estimate of drug-likeness (QED) is 0.675. The van der Waals surface area contributed by atoms with Crippen molar-refractivity contribution >= 4 is 18.1 Å². The van der Waals surface area contributed by atoms with E-state index in [1.54, 1.807) is 9.47 Å². The molecule has 0 atom stereocenters. The average Bonchev–Trinajstić information content (AvgIpc) is 2.98. The van der Waals surface area contributed by atoms with Crippen molar-refractivity contribution in [1.29, 1.82) is 0 Å². The summed E-state index contributed by atoms with van der Waals surface area (Å²) in [5, 5.41) is 7.13. The van der Waals surface area contributed by atoms with Gasteiger partial charge in [0, 0.05) is 19.2 Å². The standard InChI is InChI=1S/C21H24N4OS/c1-14-6-5-7-17(11-14)20-22-23-21(27)25(20)13-19(26)24(4)12-18-9-8-15(2)10-16(18)3/h5-11H,12-13H2,1-4H3,(H,23,27). The Kier molecular flexibility index (Phi) is 5.56. The third-order valence-electron chi connectivity index (χ3n) is 4.66. The van der Waals surface area contributed by atoms with E-state index >= 15 is 0 Å². The van der Waals surface area contributed by atoms with Crippen LogP contribution in [0.4, 0.5) is 0 Å². The van der Waals surface area contributed by atoms with Crippen molar-refractivity contribution in [2.24, 2.45) is 0 Å². The van der Waals surface area contributed by atoms with Crippen LogP contribution in [0.15, 0.2) is 42.5 Å². The molecule has 3 aromatic rings. The highest BCUT2D eigenvalue weighted by Crippen LogP contribution is 2.19. The summed E-state index contributed by atoms with van der Waals surface area (Å²) in [4.78, 5) is 14.5. The summed E-state index contributed by atoms with van der Waals surface area (Å²) in [6.45, 7) is 6.88. The van der Waals surface area contributed by atoms with Crippen molar-refractivity contribution < 1.29 is 4.79 Å². The van der Waals surface area contributed by atoms with Crippen molar-refractivity contribution in [2.75, 3.05) is 7.05 Å². The molecule has 1 heterocycles. The number of likely N-dealkylation sites (N-methyl/N-ethyl adjacent to an activating group) is 1. The molecule has 0 unspecified atom stereocenters. The molecule has 0 aliphatic heterocycles. The van der Waals surface area contributed by atoms with Crippen molar-refractivity contribution in [3.8, 4) is 11.4 Å². The van der Waals surface area contributed by atoms with Gasteiger partial charge in [0.1, 0.15) is 6.54 Å². The number of nitrogens with zero attached hydrogens (tertiary/aromatic N) is 3. The lowest BCUT2D eigenvalue weighted by Gasteiger charge is -2.19. The van der Waals surface area contributed by atoms with Crippen molar-refractivity contribution in [2.45, 2.75) is 33.9 Å². The van der Waals surface area contributed by atoms with Gasteiger partial charge in [0.2, 0.25) is 5.91 Å². The number of aryl methyl sites for hydroxylation is 3. The number of rotatable bonds is 5. The first-order valence-electron chi connectivity index (χ1n) is 8.87. The molecule has 0 fully saturated rings. The number of aromatic nitrogens is 3. The fourth-order valence-corrected chi connectivity index (χ4v) is 3.29. The monoisotopic (exact) mass is 380 g/mol. The number of benzene rings is 2. The summed E-state index contributed by atoms with van der Waals surface area (Å²) >= 11 is 5.35. The van der Waals surface area contributed by atoms with Gasteiger partial charge in [-0.2, -0.15) is 5.10 Å². The van der Waals surface area contributed by atoms with Crippen LogP contribution in [-0.2, 0) is 17.9 Å². The second kappa shape index (κ2) is 7.88. The number of amides is 1. The highest BCUT2D eigenvalue weighted by Gasteiger charge is 2.16. The second-order valence-corrected chi connectivity index (χ2v) is 7.37. The zero-order valence-electron chi connectivity index (χ0n) is 16.1. The molecule has 2 aromatic carbocycles. The van der Waals surface area contributed by atoms with Crippen molar-refractivity contribution in [3.63, 3.8) is 0 Å². The highest BCUT2D eigenvalue weighted by atomic mass is 32.1. The molecule has 0 saturated carbocycles. The first-order chi connectivity index (χ1) is 12.8. The molecule has 1 N–H and O–H groups in total. The second-order valence-electron chi connectivity index (χ2n) is 6.99. The van der Waals surface area contributed by atoms with Crippen LogP contribution >= 0.6 is 12.2 Å². The minimum absolute atomic E-state index is 0.0126. The van der Waals surface area contributed by atoms with Crippen LogP contribution < -0.4 is 0 Å². The molecule has 0 saturated heterocycles. The smallest absolute Gasteiger partial charge is 0.242 e. The van der Waals surface area contributed by atoms with E-state index in [1.807, 2.05) is 38.2 Å². The van der Waals surface area contributed by atoms with Gasteiger partial charge in [0.25, 0.3) is 0 Å². The Bertz CT molecular complexity index is 1030. The molecule has 27 heavy (non-hydrogen) atoms. The van der Waals surface area contributed by atoms with Crippen LogP contribution in [0.3, 0.4) is 0 Å². The number of H-pyrrole nitrogens is 1. The number of hydrogen-bond donors (Lipinski definition) is 1. The Balaban J connectivity index is 1.80. The molecule has 5 nitrogen and oxygen atoms in total. The van der Waals surface area contributed by atoms with E-state index in [2.05, 4.69) is 42.2 Å². The molecule has 0 aliphatic carbocycles. The SMILES string of the molecule is Cc1cccc(-c2n[nH]c(=S)n2CC(=O)N(C)Cc2ccc(C)cc2C)c1. The molecule has 1 amide bonds. The summed E-state index contributed by atoms with van der Waals surface area (Å²) in [6, 6.07) is 14.3. The van der Waals surface area contributed by atoms with Gasteiger partial charge in [-0.25, -0.2) is 0 Å². The Morgan fingerprint density at radius 2 is 1.89 bits per heavy atom.